The molecule has 4 rings (SSSR count). The first kappa shape index (κ1) is 16.4. The average molecular weight is 344 g/mol. The van der Waals surface area contributed by atoms with Crippen LogP contribution in [0, 0.1) is 0 Å². The number of nitrogens with zero attached hydrogens (tertiary/aromatic N) is 2. The predicted molar refractivity (Wildman–Crippen MR) is 91.3 cm³/mol. The summed E-state index contributed by atoms with van der Waals surface area (Å²) in [5.74, 6) is 0.795. The predicted octanol–water partition coefficient (Wildman–Crippen LogP) is 1.23. The molecule has 0 bridgehead atoms. The number of morpholine rings is 1. The summed E-state index contributed by atoms with van der Waals surface area (Å²) < 4.78 is 11.2. The van der Waals surface area contributed by atoms with E-state index in [-0.39, 0.29) is 17.9 Å². The van der Waals surface area contributed by atoms with Crippen molar-refractivity contribution in [2.45, 2.75) is 37.8 Å². The Kier molecular flexibility index (Phi) is 4.61. The molecule has 0 aromatic heterocycles. The highest BCUT2D eigenvalue weighted by Gasteiger charge is 2.40. The molecule has 6 heteroatoms. The molecule has 6 nitrogen and oxygen atoms in total. The number of benzene rings is 1. The van der Waals surface area contributed by atoms with Gasteiger partial charge in [0.1, 0.15) is 11.8 Å². The normalized spacial score (nSPS) is 26.1. The Hall–Kier alpha value is -2.08. The number of likely N-dealkylation sites (tertiary alicyclic amines) is 1. The van der Waals surface area contributed by atoms with E-state index in [0.717, 1.165) is 30.6 Å². The van der Waals surface area contributed by atoms with Gasteiger partial charge in [0.25, 0.3) is 5.91 Å². The fourth-order valence-corrected chi connectivity index (χ4v) is 3.95. The summed E-state index contributed by atoms with van der Waals surface area (Å²) in [6.45, 7) is 3.02. The van der Waals surface area contributed by atoms with Gasteiger partial charge in [-0.1, -0.05) is 18.2 Å². The lowest BCUT2D eigenvalue weighted by Crippen LogP contribution is -2.57. The molecule has 2 saturated heterocycles. The molecule has 0 N–H and O–H groups in total. The van der Waals surface area contributed by atoms with Crippen LogP contribution < -0.4 is 4.74 Å². The van der Waals surface area contributed by atoms with Gasteiger partial charge in [-0.3, -0.25) is 9.59 Å². The van der Waals surface area contributed by atoms with Gasteiger partial charge in [0.2, 0.25) is 5.91 Å². The van der Waals surface area contributed by atoms with Crippen molar-refractivity contribution >= 4 is 11.8 Å². The lowest BCUT2D eigenvalue weighted by molar-refractivity contribution is -0.153. The number of carbonyl (C=O) groups excluding carboxylic acids is 2. The molecule has 3 heterocycles. The van der Waals surface area contributed by atoms with Gasteiger partial charge in [-0.2, -0.15) is 0 Å². The molecule has 0 saturated carbocycles. The zero-order valence-electron chi connectivity index (χ0n) is 14.4. The van der Waals surface area contributed by atoms with Gasteiger partial charge in [-0.05, 0) is 30.9 Å². The second-order valence-corrected chi connectivity index (χ2v) is 6.90. The van der Waals surface area contributed by atoms with Crippen LogP contribution in [0.4, 0.5) is 0 Å². The number of piperidine rings is 1. The summed E-state index contributed by atoms with van der Waals surface area (Å²) in [6, 6.07) is 7.41. The third kappa shape index (κ3) is 3.23. The quantitative estimate of drug-likeness (QED) is 0.810. The maximum atomic E-state index is 13.1. The topological polar surface area (TPSA) is 59.1 Å². The number of carbonyl (C=O) groups is 2. The molecule has 2 atom stereocenters. The van der Waals surface area contributed by atoms with Crippen molar-refractivity contribution in [1.29, 1.82) is 0 Å². The molecule has 0 unspecified atom stereocenters. The van der Waals surface area contributed by atoms with Crippen LogP contribution in [0.1, 0.15) is 24.8 Å². The van der Waals surface area contributed by atoms with Gasteiger partial charge in [0.05, 0.1) is 13.2 Å². The van der Waals surface area contributed by atoms with Gasteiger partial charge < -0.3 is 19.3 Å². The van der Waals surface area contributed by atoms with E-state index in [1.54, 1.807) is 4.90 Å². The molecule has 1 aromatic carbocycles. The summed E-state index contributed by atoms with van der Waals surface area (Å²) in [4.78, 5) is 29.6. The van der Waals surface area contributed by atoms with E-state index in [0.29, 0.717) is 39.3 Å². The Morgan fingerprint density at radius 3 is 2.60 bits per heavy atom. The first-order valence-electron chi connectivity index (χ1n) is 9.15. The third-order valence-electron chi connectivity index (χ3n) is 5.32. The largest absolute Gasteiger partial charge is 0.480 e. The van der Waals surface area contributed by atoms with Crippen LogP contribution in [-0.2, 0) is 20.7 Å². The van der Waals surface area contributed by atoms with E-state index in [2.05, 4.69) is 0 Å². The molecule has 0 spiro atoms. The number of amides is 2. The zero-order chi connectivity index (χ0) is 17.2. The summed E-state index contributed by atoms with van der Waals surface area (Å²) in [6.07, 6.45) is 2.75. The first-order chi connectivity index (χ1) is 12.2. The van der Waals surface area contributed by atoms with Gasteiger partial charge >= 0.3 is 0 Å². The van der Waals surface area contributed by atoms with Crippen LogP contribution in [0.5, 0.6) is 5.75 Å². The Labute approximate surface area is 147 Å². The van der Waals surface area contributed by atoms with E-state index in [4.69, 9.17) is 9.47 Å². The Morgan fingerprint density at radius 2 is 1.80 bits per heavy atom. The average Bonchev–Trinajstić information content (AvgIpc) is 3.12. The molecule has 2 fully saturated rings. The van der Waals surface area contributed by atoms with E-state index in [1.165, 1.54) is 0 Å². The van der Waals surface area contributed by atoms with Gasteiger partial charge in [0.15, 0.2) is 6.10 Å². The maximum absolute atomic E-state index is 13.1. The molecule has 2 amide bonds. The van der Waals surface area contributed by atoms with Crippen molar-refractivity contribution in [3.63, 3.8) is 0 Å². The minimum atomic E-state index is -0.504. The van der Waals surface area contributed by atoms with Crippen molar-refractivity contribution in [1.82, 2.24) is 9.80 Å². The summed E-state index contributed by atoms with van der Waals surface area (Å²) in [5, 5.41) is 0. The van der Waals surface area contributed by atoms with Crippen molar-refractivity contribution in [2.24, 2.45) is 0 Å². The minimum Gasteiger partial charge on any atom is -0.480 e. The second-order valence-electron chi connectivity index (χ2n) is 6.90. The first-order valence-corrected chi connectivity index (χ1v) is 9.15. The van der Waals surface area contributed by atoms with Gasteiger partial charge in [-0.25, -0.2) is 0 Å². The molecule has 3 aliphatic rings. The maximum Gasteiger partial charge on any atom is 0.264 e. The van der Waals surface area contributed by atoms with E-state index < -0.39 is 6.10 Å². The monoisotopic (exact) mass is 344 g/mol. The van der Waals surface area contributed by atoms with E-state index >= 15 is 0 Å². The van der Waals surface area contributed by atoms with E-state index in [1.807, 2.05) is 29.2 Å². The summed E-state index contributed by atoms with van der Waals surface area (Å²) in [7, 11) is 0. The van der Waals surface area contributed by atoms with E-state index in [9.17, 15) is 9.59 Å². The number of rotatable bonds is 2. The zero-order valence-corrected chi connectivity index (χ0v) is 14.4. The Balaban J connectivity index is 1.47. The molecule has 25 heavy (non-hydrogen) atoms. The molecule has 0 aliphatic carbocycles. The van der Waals surface area contributed by atoms with Crippen LogP contribution in [0.25, 0.3) is 0 Å². The highest BCUT2D eigenvalue weighted by Crippen LogP contribution is 2.30. The van der Waals surface area contributed by atoms with Crippen LogP contribution in [0.3, 0.4) is 0 Å². The van der Waals surface area contributed by atoms with Crippen molar-refractivity contribution in [2.75, 3.05) is 32.8 Å². The van der Waals surface area contributed by atoms with Crippen LogP contribution in [-0.4, -0.2) is 66.6 Å². The molecule has 3 aliphatic heterocycles. The summed E-state index contributed by atoms with van der Waals surface area (Å²) in [5.41, 5.74) is 1.06. The minimum absolute atomic E-state index is 0.0532. The smallest absolute Gasteiger partial charge is 0.264 e. The van der Waals surface area contributed by atoms with Crippen molar-refractivity contribution < 1.29 is 19.1 Å². The molecule has 134 valence electrons. The van der Waals surface area contributed by atoms with Crippen LogP contribution in [0.15, 0.2) is 24.3 Å². The fourth-order valence-electron chi connectivity index (χ4n) is 3.95. The fraction of sp³-hybridized carbons (Fsp3) is 0.579. The third-order valence-corrected chi connectivity index (χ3v) is 5.32. The second kappa shape index (κ2) is 7.04. The number of hydrogen-bond donors (Lipinski definition) is 0. The summed E-state index contributed by atoms with van der Waals surface area (Å²) >= 11 is 0. The van der Waals surface area contributed by atoms with Gasteiger partial charge in [0, 0.05) is 26.1 Å². The highest BCUT2D eigenvalue weighted by atomic mass is 16.5. The SMILES string of the molecule is O=C([C@@H]1CCCCN1C(=O)[C@H]1Cc2ccccc2O1)N1CCOCC1. The molecular formula is C19H24N2O4. The lowest BCUT2D eigenvalue weighted by Gasteiger charge is -2.39. The molecular weight excluding hydrogens is 320 g/mol. The standard InChI is InChI=1S/C19H24N2O4/c22-18(20-9-11-24-12-10-20)15-6-3-4-8-21(15)19(23)17-13-14-5-1-2-7-16(14)25-17/h1-2,5,7,15,17H,3-4,6,8-13H2/t15-,17+/m0/s1. The molecule has 1 aromatic rings. The number of ether oxygens (including phenoxy) is 2. The Bertz CT molecular complexity index is 632. The lowest BCUT2D eigenvalue weighted by atomic mass is 9.99. The van der Waals surface area contributed by atoms with Gasteiger partial charge in [-0.15, -0.1) is 0 Å². The van der Waals surface area contributed by atoms with Crippen LogP contribution in [0.2, 0.25) is 0 Å². The highest BCUT2D eigenvalue weighted by molar-refractivity contribution is 5.90. The van der Waals surface area contributed by atoms with Crippen LogP contribution >= 0.6 is 0 Å². The van der Waals surface area contributed by atoms with Crippen molar-refractivity contribution in [3.8, 4) is 5.75 Å². The number of para-hydroxylation sites is 1. The number of fused-ring (bicyclic) bond motifs is 1. The number of hydrogen-bond acceptors (Lipinski definition) is 4. The Morgan fingerprint density at radius 1 is 1.00 bits per heavy atom. The molecule has 0 radical (unpaired) electrons. The van der Waals surface area contributed by atoms with Crippen molar-refractivity contribution in [3.05, 3.63) is 29.8 Å².